The Kier molecular flexibility index (Phi) is 3.63. The van der Waals surface area contributed by atoms with Crippen LogP contribution in [-0.4, -0.2) is 28.2 Å². The zero-order valence-electron chi connectivity index (χ0n) is 12.5. The second-order valence-electron chi connectivity index (χ2n) is 6.87. The summed E-state index contributed by atoms with van der Waals surface area (Å²) in [7, 11) is 0. The van der Waals surface area contributed by atoms with E-state index in [1.54, 1.807) is 12.1 Å². The van der Waals surface area contributed by atoms with Gasteiger partial charge >= 0.3 is 0 Å². The van der Waals surface area contributed by atoms with E-state index in [9.17, 15) is 10.2 Å². The van der Waals surface area contributed by atoms with Crippen LogP contribution in [0.4, 0.5) is 0 Å². The molecule has 1 fully saturated rings. The fraction of sp³-hybridized carbons (Fsp3) is 0.647. The zero-order valence-corrected chi connectivity index (χ0v) is 12.5. The van der Waals surface area contributed by atoms with Crippen molar-refractivity contribution in [3.63, 3.8) is 0 Å². The number of fused-ring (bicyclic) bond motifs is 3. The summed E-state index contributed by atoms with van der Waals surface area (Å²) in [5.41, 5.74) is 2.44. The molecule has 2 N–H and O–H groups in total. The van der Waals surface area contributed by atoms with E-state index in [0.717, 1.165) is 24.8 Å². The molecule has 0 aromatic heterocycles. The van der Waals surface area contributed by atoms with Crippen LogP contribution in [0.3, 0.4) is 0 Å². The van der Waals surface area contributed by atoms with E-state index in [4.69, 9.17) is 0 Å². The summed E-state index contributed by atoms with van der Waals surface area (Å²) in [6.07, 6.45) is 4.75. The molecule has 0 aliphatic carbocycles. The van der Waals surface area contributed by atoms with Crippen molar-refractivity contribution in [2.45, 2.75) is 45.6 Å². The van der Waals surface area contributed by atoms with Gasteiger partial charge in [0.15, 0.2) is 11.5 Å². The van der Waals surface area contributed by atoms with Crippen molar-refractivity contribution in [2.75, 3.05) is 13.1 Å². The third kappa shape index (κ3) is 2.51. The number of rotatable bonds is 2. The van der Waals surface area contributed by atoms with Crippen molar-refractivity contribution in [2.24, 2.45) is 11.8 Å². The zero-order chi connectivity index (χ0) is 14.3. The number of hydrogen-bond acceptors (Lipinski definition) is 3. The number of hydrogen-bond donors (Lipinski definition) is 2. The van der Waals surface area contributed by atoms with Crippen LogP contribution in [0.2, 0.25) is 0 Å². The van der Waals surface area contributed by atoms with Gasteiger partial charge < -0.3 is 10.2 Å². The molecule has 110 valence electrons. The van der Waals surface area contributed by atoms with Crippen molar-refractivity contribution in [3.8, 4) is 11.5 Å². The number of nitrogens with zero attached hydrogens (tertiary/aromatic N) is 1. The molecule has 2 atom stereocenters. The number of phenolic OH excluding ortho intramolecular Hbond substituents is 2. The highest BCUT2D eigenvalue weighted by atomic mass is 16.3. The quantitative estimate of drug-likeness (QED) is 0.812. The molecule has 2 aliphatic heterocycles. The van der Waals surface area contributed by atoms with Crippen LogP contribution in [0, 0.1) is 11.8 Å². The fourth-order valence-corrected chi connectivity index (χ4v) is 4.01. The lowest BCUT2D eigenvalue weighted by Gasteiger charge is -2.44. The monoisotopic (exact) mass is 275 g/mol. The topological polar surface area (TPSA) is 43.7 Å². The Morgan fingerprint density at radius 2 is 1.95 bits per heavy atom. The van der Waals surface area contributed by atoms with Gasteiger partial charge in [-0.25, -0.2) is 0 Å². The van der Waals surface area contributed by atoms with Gasteiger partial charge in [0.05, 0.1) is 0 Å². The molecule has 1 saturated heterocycles. The van der Waals surface area contributed by atoms with Crippen molar-refractivity contribution >= 4 is 0 Å². The molecular weight excluding hydrogens is 250 g/mol. The van der Waals surface area contributed by atoms with Gasteiger partial charge in [0, 0.05) is 19.1 Å². The smallest absolute Gasteiger partial charge is 0.157 e. The van der Waals surface area contributed by atoms with E-state index in [1.165, 1.54) is 36.9 Å². The first-order chi connectivity index (χ1) is 9.54. The summed E-state index contributed by atoms with van der Waals surface area (Å²) in [5.74, 6) is 1.63. The van der Waals surface area contributed by atoms with Gasteiger partial charge in [-0.05, 0) is 60.8 Å². The Morgan fingerprint density at radius 3 is 2.70 bits per heavy atom. The van der Waals surface area contributed by atoms with E-state index in [1.807, 2.05) is 0 Å². The highest BCUT2D eigenvalue weighted by molar-refractivity contribution is 5.47. The number of piperidine rings is 1. The van der Waals surface area contributed by atoms with Crippen molar-refractivity contribution in [1.29, 1.82) is 0 Å². The highest BCUT2D eigenvalue weighted by Crippen LogP contribution is 2.42. The molecule has 1 aromatic carbocycles. The van der Waals surface area contributed by atoms with Gasteiger partial charge in [-0.3, -0.25) is 4.90 Å². The second kappa shape index (κ2) is 5.28. The van der Waals surface area contributed by atoms with Gasteiger partial charge in [-0.2, -0.15) is 0 Å². The Balaban J connectivity index is 1.80. The summed E-state index contributed by atoms with van der Waals surface area (Å²) >= 11 is 0. The lowest BCUT2D eigenvalue weighted by atomic mass is 9.81. The molecule has 0 amide bonds. The molecule has 1 unspecified atom stereocenters. The highest BCUT2D eigenvalue weighted by Gasteiger charge is 2.33. The minimum Gasteiger partial charge on any atom is -0.504 e. The van der Waals surface area contributed by atoms with E-state index >= 15 is 0 Å². The molecule has 20 heavy (non-hydrogen) atoms. The van der Waals surface area contributed by atoms with Crippen molar-refractivity contribution in [1.82, 2.24) is 4.90 Å². The number of benzene rings is 1. The van der Waals surface area contributed by atoms with Gasteiger partial charge in [-0.15, -0.1) is 0 Å². The maximum atomic E-state index is 9.77. The van der Waals surface area contributed by atoms with E-state index in [2.05, 4.69) is 18.7 Å². The van der Waals surface area contributed by atoms with Gasteiger partial charge in [-0.1, -0.05) is 13.8 Å². The Labute approximate surface area is 121 Å². The van der Waals surface area contributed by atoms with E-state index in [-0.39, 0.29) is 11.5 Å². The fourth-order valence-electron chi connectivity index (χ4n) is 4.01. The number of phenols is 2. The maximum Gasteiger partial charge on any atom is 0.157 e. The van der Waals surface area contributed by atoms with Crippen LogP contribution >= 0.6 is 0 Å². The molecule has 2 heterocycles. The second-order valence-corrected chi connectivity index (χ2v) is 6.87. The van der Waals surface area contributed by atoms with Crippen LogP contribution in [-0.2, 0) is 6.42 Å². The van der Waals surface area contributed by atoms with Crippen LogP contribution in [0.1, 0.15) is 50.3 Å². The summed E-state index contributed by atoms with van der Waals surface area (Å²) in [6, 6.07) is 3.97. The van der Waals surface area contributed by atoms with Gasteiger partial charge in [0.25, 0.3) is 0 Å². The third-order valence-electron chi connectivity index (χ3n) is 4.85. The van der Waals surface area contributed by atoms with Crippen LogP contribution in [0.15, 0.2) is 12.1 Å². The van der Waals surface area contributed by atoms with Gasteiger partial charge in [0.1, 0.15) is 0 Å². The lowest BCUT2D eigenvalue weighted by molar-refractivity contribution is 0.0894. The molecule has 0 spiro atoms. The van der Waals surface area contributed by atoms with E-state index in [0.29, 0.717) is 6.04 Å². The molecule has 3 rings (SSSR count). The third-order valence-corrected chi connectivity index (χ3v) is 4.85. The van der Waals surface area contributed by atoms with Crippen LogP contribution in [0.25, 0.3) is 0 Å². The Hall–Kier alpha value is -1.22. The normalized spacial score (nSPS) is 26.4. The van der Waals surface area contributed by atoms with Crippen LogP contribution in [0.5, 0.6) is 11.5 Å². The first kappa shape index (κ1) is 13.7. The predicted octanol–water partition coefficient (Wildman–Crippen LogP) is 3.45. The molecule has 2 aliphatic rings. The maximum absolute atomic E-state index is 9.77. The molecule has 0 saturated carbocycles. The average Bonchev–Trinajstić information content (AvgIpc) is 2.39. The minimum atomic E-state index is 0.0192. The number of aromatic hydroxyl groups is 2. The minimum absolute atomic E-state index is 0.0192. The van der Waals surface area contributed by atoms with Crippen molar-refractivity contribution < 1.29 is 10.2 Å². The Bertz CT molecular complexity index is 498. The lowest BCUT2D eigenvalue weighted by Crippen LogP contribution is -2.42. The standard InChI is InChI=1S/C17H25NO2/c1-11(2)7-12-3-4-15-14-9-17(20)16(19)8-13(14)5-6-18(15)10-12/h8-9,11-12,15,19-20H,3-7,10H2,1-2H3/t12-,15?/m0/s1. The molecular formula is C17H25NO2. The predicted molar refractivity (Wildman–Crippen MR) is 80.0 cm³/mol. The molecule has 3 nitrogen and oxygen atoms in total. The SMILES string of the molecule is CC(C)C[C@@H]1CCC2c3cc(O)c(O)cc3CCN2C1. The molecule has 0 bridgehead atoms. The molecule has 3 heteroatoms. The largest absolute Gasteiger partial charge is 0.504 e. The van der Waals surface area contributed by atoms with Crippen LogP contribution < -0.4 is 0 Å². The summed E-state index contributed by atoms with van der Waals surface area (Å²) < 4.78 is 0. The molecule has 0 radical (unpaired) electrons. The molecule has 1 aromatic rings. The van der Waals surface area contributed by atoms with Gasteiger partial charge in [0.2, 0.25) is 0 Å². The van der Waals surface area contributed by atoms with Crippen molar-refractivity contribution in [3.05, 3.63) is 23.3 Å². The summed E-state index contributed by atoms with van der Waals surface area (Å²) in [5, 5.41) is 19.4. The van der Waals surface area contributed by atoms with E-state index < -0.39 is 0 Å². The first-order valence-corrected chi connectivity index (χ1v) is 7.83. The summed E-state index contributed by atoms with van der Waals surface area (Å²) in [4.78, 5) is 2.58. The Morgan fingerprint density at radius 1 is 1.20 bits per heavy atom. The summed E-state index contributed by atoms with van der Waals surface area (Å²) in [6.45, 7) is 6.87. The first-order valence-electron chi connectivity index (χ1n) is 7.83. The average molecular weight is 275 g/mol.